The van der Waals surface area contributed by atoms with Gasteiger partial charge in [-0.1, -0.05) is 64.6 Å². The van der Waals surface area contributed by atoms with Crippen molar-refractivity contribution in [1.29, 1.82) is 0 Å². The molecule has 1 atom stereocenters. The summed E-state index contributed by atoms with van der Waals surface area (Å²) in [6.45, 7) is 0. The van der Waals surface area contributed by atoms with Crippen molar-refractivity contribution in [3.8, 4) is 0 Å². The van der Waals surface area contributed by atoms with Gasteiger partial charge in [0.1, 0.15) is 0 Å². The molecule has 0 saturated carbocycles. The van der Waals surface area contributed by atoms with Crippen LogP contribution in [0.25, 0.3) is 0 Å². The molecule has 1 aliphatic rings. The molecule has 0 N–H and O–H groups in total. The first-order chi connectivity index (χ1) is 9.73. The van der Waals surface area contributed by atoms with Gasteiger partial charge in [-0.25, -0.2) is 14.7 Å². The second kappa shape index (κ2) is 6.01. The molecule has 0 spiro atoms. The Labute approximate surface area is 141 Å². The Morgan fingerprint density at radius 3 is 2.24 bits per heavy atom. The number of amides is 3. The largest absolute Gasteiger partial charge is 0.337 e. The van der Waals surface area contributed by atoms with E-state index in [1.165, 1.54) is 7.05 Å². The number of para-hydroxylation sites is 1. The van der Waals surface area contributed by atoms with E-state index in [1.54, 1.807) is 30.3 Å². The first-order valence-electron chi connectivity index (χ1n) is 5.69. The second-order valence-corrected chi connectivity index (χ2v) is 6.93. The average molecular weight is 369 g/mol. The van der Waals surface area contributed by atoms with Gasteiger partial charge in [0.25, 0.3) is 0 Å². The molecule has 1 aromatic rings. The first kappa shape index (κ1) is 16.4. The predicted molar refractivity (Wildman–Crippen MR) is 84.5 cm³/mol. The zero-order chi connectivity index (χ0) is 15.8. The number of anilines is 1. The minimum Gasteiger partial charge on any atom is -0.276 e. The van der Waals surface area contributed by atoms with Crippen LogP contribution in [0.2, 0.25) is 0 Å². The lowest BCUT2D eigenvalue weighted by Crippen LogP contribution is -2.31. The van der Waals surface area contributed by atoms with Gasteiger partial charge in [-0.05, 0) is 12.1 Å². The van der Waals surface area contributed by atoms with Crippen molar-refractivity contribution in [2.24, 2.45) is 4.99 Å². The van der Waals surface area contributed by atoms with E-state index >= 15 is 0 Å². The zero-order valence-corrected chi connectivity index (χ0v) is 13.7. The van der Waals surface area contributed by atoms with Crippen molar-refractivity contribution in [2.75, 3.05) is 11.9 Å². The zero-order valence-electron chi connectivity index (χ0n) is 10.6. The molecule has 1 saturated heterocycles. The Bertz CT molecular complexity index is 600. The lowest BCUT2D eigenvalue weighted by atomic mass is 10.3. The van der Waals surface area contributed by atoms with E-state index in [0.717, 1.165) is 9.80 Å². The Balaban J connectivity index is 2.38. The maximum absolute atomic E-state index is 12.3. The Morgan fingerprint density at radius 1 is 1.14 bits per heavy atom. The van der Waals surface area contributed by atoms with Crippen LogP contribution < -0.4 is 4.90 Å². The number of carbonyl (C=O) groups is 2. The fourth-order valence-corrected chi connectivity index (χ4v) is 1.94. The van der Waals surface area contributed by atoms with Crippen molar-refractivity contribution >= 4 is 69.9 Å². The Kier molecular flexibility index (Phi) is 4.68. The van der Waals surface area contributed by atoms with Gasteiger partial charge in [0.05, 0.1) is 5.69 Å². The van der Waals surface area contributed by atoms with E-state index in [9.17, 15) is 9.59 Å². The smallest absolute Gasteiger partial charge is 0.276 e. The highest BCUT2D eigenvalue weighted by Gasteiger charge is 2.43. The molecule has 3 amide bonds. The van der Waals surface area contributed by atoms with Gasteiger partial charge in [0, 0.05) is 7.05 Å². The molecule has 21 heavy (non-hydrogen) atoms. The number of urea groups is 1. The van der Waals surface area contributed by atoms with E-state index in [0.29, 0.717) is 5.69 Å². The number of aliphatic imine (C=N–C) groups is 1. The number of benzene rings is 1. The van der Waals surface area contributed by atoms with E-state index in [-0.39, 0.29) is 5.84 Å². The maximum Gasteiger partial charge on any atom is 0.337 e. The van der Waals surface area contributed by atoms with Crippen LogP contribution in [0, 0.1) is 0 Å². The van der Waals surface area contributed by atoms with Crippen molar-refractivity contribution in [3.05, 3.63) is 30.3 Å². The summed E-state index contributed by atoms with van der Waals surface area (Å²) >= 11 is 22.6. The average Bonchev–Trinajstić information content (AvgIpc) is 2.63. The standard InChI is InChI=1S/C12H9Cl4N3O2/c1-18-8(17-10(13)12(14,15)16)9(20)19(11(18)21)7-5-3-2-4-6-7/h2-6,10H,1H3. The van der Waals surface area contributed by atoms with Crippen LogP contribution >= 0.6 is 46.4 Å². The monoisotopic (exact) mass is 367 g/mol. The molecule has 9 heteroatoms. The molecule has 0 aliphatic carbocycles. The summed E-state index contributed by atoms with van der Waals surface area (Å²) < 4.78 is -1.89. The fourth-order valence-electron chi connectivity index (χ4n) is 1.70. The van der Waals surface area contributed by atoms with Crippen LogP contribution in [0.15, 0.2) is 35.3 Å². The molecule has 0 bridgehead atoms. The van der Waals surface area contributed by atoms with Gasteiger partial charge in [0.2, 0.25) is 9.63 Å². The number of hydrogen-bond donors (Lipinski definition) is 0. The molecule has 112 valence electrons. The van der Waals surface area contributed by atoms with Gasteiger partial charge in [-0.15, -0.1) is 0 Å². The van der Waals surface area contributed by atoms with Gasteiger partial charge in [-0.2, -0.15) is 0 Å². The summed E-state index contributed by atoms with van der Waals surface area (Å²) in [6.07, 6.45) is 0. The van der Waals surface area contributed by atoms with Gasteiger partial charge < -0.3 is 0 Å². The highest BCUT2D eigenvalue weighted by Crippen LogP contribution is 2.35. The number of alkyl halides is 4. The summed E-state index contributed by atoms with van der Waals surface area (Å²) in [5.41, 5.74) is -0.878. The second-order valence-electron chi connectivity index (χ2n) is 4.15. The minimum atomic E-state index is -1.89. The third-order valence-electron chi connectivity index (χ3n) is 2.71. The van der Waals surface area contributed by atoms with Gasteiger partial charge in [0.15, 0.2) is 5.50 Å². The van der Waals surface area contributed by atoms with Crippen LogP contribution in [-0.4, -0.2) is 39.0 Å². The Hall–Kier alpha value is -1.01. The molecule has 0 radical (unpaired) electrons. The molecule has 5 nitrogen and oxygen atoms in total. The number of nitrogens with zero attached hydrogens (tertiary/aromatic N) is 3. The fraction of sp³-hybridized carbons (Fsp3) is 0.250. The van der Waals surface area contributed by atoms with Gasteiger partial charge >= 0.3 is 11.9 Å². The highest BCUT2D eigenvalue weighted by molar-refractivity contribution is 6.70. The van der Waals surface area contributed by atoms with Crippen LogP contribution in [0.3, 0.4) is 0 Å². The van der Waals surface area contributed by atoms with E-state index in [1.807, 2.05) is 0 Å². The summed E-state index contributed by atoms with van der Waals surface area (Å²) in [5, 5.41) is 0. The number of rotatable bonds is 2. The molecule has 1 unspecified atom stereocenters. The number of imide groups is 1. The molecule has 1 aromatic carbocycles. The maximum atomic E-state index is 12.3. The minimum absolute atomic E-state index is 0.185. The number of amidine groups is 1. The lowest BCUT2D eigenvalue weighted by Gasteiger charge is -2.15. The van der Waals surface area contributed by atoms with E-state index < -0.39 is 21.2 Å². The summed E-state index contributed by atoms with van der Waals surface area (Å²) in [4.78, 5) is 30.4. The molecular weight excluding hydrogens is 360 g/mol. The van der Waals surface area contributed by atoms with Crippen molar-refractivity contribution in [2.45, 2.75) is 9.29 Å². The SMILES string of the molecule is CN1C(=O)N(c2ccccc2)C(=O)C1=NC(Cl)C(Cl)(Cl)Cl. The van der Waals surface area contributed by atoms with Crippen LogP contribution in [0.5, 0.6) is 0 Å². The highest BCUT2D eigenvalue weighted by atomic mass is 35.6. The summed E-state index contributed by atoms with van der Waals surface area (Å²) in [7, 11) is 1.39. The predicted octanol–water partition coefficient (Wildman–Crippen LogP) is 3.42. The normalized spacial score (nSPS) is 19.6. The number of likely N-dealkylation sites (N-methyl/N-ethyl adjacent to an activating group) is 1. The van der Waals surface area contributed by atoms with Crippen LogP contribution in [-0.2, 0) is 4.79 Å². The lowest BCUT2D eigenvalue weighted by molar-refractivity contribution is -0.111. The molecule has 2 rings (SSSR count). The van der Waals surface area contributed by atoms with Crippen LogP contribution in [0.4, 0.5) is 10.5 Å². The summed E-state index contributed by atoms with van der Waals surface area (Å²) in [6, 6.07) is 7.87. The van der Waals surface area contributed by atoms with E-state index in [2.05, 4.69) is 4.99 Å². The Morgan fingerprint density at radius 2 is 1.71 bits per heavy atom. The molecule has 1 aliphatic heterocycles. The quantitative estimate of drug-likeness (QED) is 0.456. The first-order valence-corrected chi connectivity index (χ1v) is 7.26. The third-order valence-corrected chi connectivity index (χ3v) is 4.09. The van der Waals surface area contributed by atoms with Gasteiger partial charge in [-0.3, -0.25) is 9.69 Å². The topological polar surface area (TPSA) is 53.0 Å². The third kappa shape index (κ3) is 3.26. The molecular formula is C12H9Cl4N3O2. The van der Waals surface area contributed by atoms with Crippen LogP contribution in [0.1, 0.15) is 0 Å². The summed E-state index contributed by atoms with van der Waals surface area (Å²) in [5.74, 6) is -0.816. The molecule has 0 aromatic heterocycles. The number of carbonyl (C=O) groups excluding carboxylic acids is 2. The molecule has 1 heterocycles. The van der Waals surface area contributed by atoms with E-state index in [4.69, 9.17) is 46.4 Å². The van der Waals surface area contributed by atoms with Crippen molar-refractivity contribution in [1.82, 2.24) is 4.90 Å². The number of halogens is 4. The van der Waals surface area contributed by atoms with Crippen molar-refractivity contribution in [3.63, 3.8) is 0 Å². The molecule has 1 fully saturated rings. The van der Waals surface area contributed by atoms with Crippen molar-refractivity contribution < 1.29 is 9.59 Å². The number of hydrogen-bond acceptors (Lipinski definition) is 3.